The Morgan fingerprint density at radius 3 is 1.40 bits per heavy atom. The Morgan fingerprint density at radius 1 is 1.07 bits per heavy atom. The first-order chi connectivity index (χ1) is 6.56. The van der Waals surface area contributed by atoms with Crippen molar-refractivity contribution in [2.75, 3.05) is 0 Å². The molecule has 3 heteroatoms. The maximum absolute atomic E-state index is 9.00. The Hall–Kier alpha value is -0.570. The quantitative estimate of drug-likeness (QED) is 0.786. The first kappa shape index (κ1) is 16.8. The highest BCUT2D eigenvalue weighted by Crippen LogP contribution is 2.24. The largest absolute Gasteiger partial charge is 0.481 e. The molecule has 0 radical (unpaired) electrons. The van der Waals surface area contributed by atoms with Crippen molar-refractivity contribution in [3.8, 4) is 0 Å². The summed E-state index contributed by atoms with van der Waals surface area (Å²) in [4.78, 5) is 9.00. The summed E-state index contributed by atoms with van der Waals surface area (Å²) in [6, 6.07) is 0. The summed E-state index contributed by atoms with van der Waals surface area (Å²) in [6.07, 6.45) is 2.13. The molecule has 0 aromatic rings. The number of hydrogen-bond acceptors (Lipinski definition) is 2. The molecule has 0 saturated carbocycles. The van der Waals surface area contributed by atoms with Gasteiger partial charge in [-0.3, -0.25) is 4.79 Å². The van der Waals surface area contributed by atoms with Crippen molar-refractivity contribution >= 4 is 5.97 Å². The van der Waals surface area contributed by atoms with E-state index in [1.807, 2.05) is 0 Å². The second kappa shape index (κ2) is 6.83. The molecule has 0 amide bonds. The van der Waals surface area contributed by atoms with Gasteiger partial charge in [0, 0.05) is 6.92 Å². The van der Waals surface area contributed by atoms with Gasteiger partial charge in [-0.15, -0.1) is 0 Å². The van der Waals surface area contributed by atoms with Gasteiger partial charge >= 0.3 is 0 Å². The van der Waals surface area contributed by atoms with Gasteiger partial charge in [0.15, 0.2) is 0 Å². The lowest BCUT2D eigenvalue weighted by Gasteiger charge is -2.34. The molecule has 0 bridgehead atoms. The number of ether oxygens (including phenoxy) is 1. The van der Waals surface area contributed by atoms with Gasteiger partial charge in [0.05, 0.1) is 11.2 Å². The van der Waals surface area contributed by atoms with Gasteiger partial charge in [-0.05, 0) is 40.5 Å². The van der Waals surface area contributed by atoms with Gasteiger partial charge in [-0.25, -0.2) is 0 Å². The number of carboxylic acids is 1. The second-order valence-corrected chi connectivity index (χ2v) is 4.85. The zero-order valence-electron chi connectivity index (χ0n) is 11.2. The molecule has 0 atom stereocenters. The first-order valence-electron chi connectivity index (χ1n) is 5.46. The van der Waals surface area contributed by atoms with E-state index in [1.165, 1.54) is 0 Å². The van der Waals surface area contributed by atoms with E-state index < -0.39 is 5.97 Å². The SMILES string of the molecule is CC(=O)O.CCC(C)(C)OC(C)(C)CC. The van der Waals surface area contributed by atoms with Crippen LogP contribution in [0.4, 0.5) is 0 Å². The third kappa shape index (κ3) is 13.4. The maximum Gasteiger partial charge on any atom is 0.300 e. The zero-order chi connectivity index (χ0) is 12.7. The van der Waals surface area contributed by atoms with Gasteiger partial charge in [0.25, 0.3) is 5.97 Å². The van der Waals surface area contributed by atoms with Gasteiger partial charge in [-0.2, -0.15) is 0 Å². The monoisotopic (exact) mass is 218 g/mol. The van der Waals surface area contributed by atoms with Crippen molar-refractivity contribution in [2.45, 2.75) is 72.5 Å². The van der Waals surface area contributed by atoms with Crippen LogP contribution in [0.5, 0.6) is 0 Å². The average molecular weight is 218 g/mol. The van der Waals surface area contributed by atoms with E-state index in [-0.39, 0.29) is 11.2 Å². The van der Waals surface area contributed by atoms with Crippen molar-refractivity contribution in [3.05, 3.63) is 0 Å². The molecule has 0 aliphatic heterocycles. The highest BCUT2D eigenvalue weighted by atomic mass is 16.5. The molecule has 0 fully saturated rings. The van der Waals surface area contributed by atoms with Crippen LogP contribution in [0.2, 0.25) is 0 Å². The molecule has 0 rings (SSSR count). The summed E-state index contributed by atoms with van der Waals surface area (Å²) < 4.78 is 5.92. The number of carboxylic acid groups (broad SMARTS) is 1. The van der Waals surface area contributed by atoms with E-state index in [9.17, 15) is 0 Å². The first-order valence-corrected chi connectivity index (χ1v) is 5.46. The van der Waals surface area contributed by atoms with Crippen LogP contribution in [0.3, 0.4) is 0 Å². The fourth-order valence-electron chi connectivity index (χ4n) is 0.892. The molecule has 0 spiro atoms. The topological polar surface area (TPSA) is 46.5 Å². The summed E-state index contributed by atoms with van der Waals surface area (Å²) in [5, 5.41) is 7.42. The van der Waals surface area contributed by atoms with E-state index in [1.54, 1.807) is 0 Å². The van der Waals surface area contributed by atoms with Crippen LogP contribution in [0, 0.1) is 0 Å². The standard InChI is InChI=1S/C10H22O.C2H4O2/c1-7-9(3,4)11-10(5,6)8-2;1-2(3)4/h7-8H2,1-6H3;1H3,(H,3,4). The van der Waals surface area contributed by atoms with E-state index >= 15 is 0 Å². The van der Waals surface area contributed by atoms with E-state index in [0.29, 0.717) is 0 Å². The summed E-state index contributed by atoms with van der Waals surface area (Å²) in [5.74, 6) is -0.833. The molecule has 0 aliphatic rings. The van der Waals surface area contributed by atoms with Crippen LogP contribution >= 0.6 is 0 Å². The fourth-order valence-corrected chi connectivity index (χ4v) is 0.892. The molecular weight excluding hydrogens is 192 g/mol. The van der Waals surface area contributed by atoms with E-state index in [4.69, 9.17) is 14.6 Å². The molecule has 3 nitrogen and oxygen atoms in total. The normalized spacial score (nSPS) is 11.7. The zero-order valence-corrected chi connectivity index (χ0v) is 11.2. The molecule has 0 unspecified atom stereocenters. The number of carbonyl (C=O) groups is 1. The minimum absolute atomic E-state index is 0.0273. The highest BCUT2D eigenvalue weighted by Gasteiger charge is 2.25. The number of hydrogen-bond donors (Lipinski definition) is 1. The smallest absolute Gasteiger partial charge is 0.300 e. The Labute approximate surface area is 93.8 Å². The lowest BCUT2D eigenvalue weighted by atomic mass is 10.0. The van der Waals surface area contributed by atoms with Crippen LogP contribution < -0.4 is 0 Å². The van der Waals surface area contributed by atoms with Gasteiger partial charge < -0.3 is 9.84 Å². The number of rotatable bonds is 4. The van der Waals surface area contributed by atoms with Gasteiger partial charge in [-0.1, -0.05) is 13.8 Å². The van der Waals surface area contributed by atoms with Gasteiger partial charge in [0.2, 0.25) is 0 Å². The summed E-state index contributed by atoms with van der Waals surface area (Å²) in [7, 11) is 0. The van der Waals surface area contributed by atoms with Crippen LogP contribution in [-0.4, -0.2) is 22.3 Å². The molecule has 92 valence electrons. The van der Waals surface area contributed by atoms with Crippen molar-refractivity contribution in [3.63, 3.8) is 0 Å². The van der Waals surface area contributed by atoms with Crippen molar-refractivity contribution in [2.24, 2.45) is 0 Å². The maximum atomic E-state index is 9.00. The molecular formula is C12H26O3. The Bertz CT molecular complexity index is 165. The summed E-state index contributed by atoms with van der Waals surface area (Å²) in [5.41, 5.74) is 0.0546. The third-order valence-corrected chi connectivity index (χ3v) is 2.26. The van der Waals surface area contributed by atoms with E-state index in [0.717, 1.165) is 19.8 Å². The Morgan fingerprint density at radius 2 is 1.27 bits per heavy atom. The minimum Gasteiger partial charge on any atom is -0.481 e. The molecule has 0 aliphatic carbocycles. The molecule has 0 aromatic carbocycles. The predicted molar refractivity (Wildman–Crippen MR) is 63.1 cm³/mol. The van der Waals surface area contributed by atoms with Crippen molar-refractivity contribution < 1.29 is 14.6 Å². The average Bonchev–Trinajstić information content (AvgIpc) is 2.02. The Balaban J connectivity index is 0. The number of aliphatic carboxylic acids is 1. The van der Waals surface area contributed by atoms with Crippen LogP contribution in [-0.2, 0) is 9.53 Å². The summed E-state index contributed by atoms with van der Waals surface area (Å²) >= 11 is 0. The summed E-state index contributed by atoms with van der Waals surface area (Å²) in [6.45, 7) is 14.0. The molecule has 0 heterocycles. The molecule has 0 aromatic heterocycles. The molecule has 0 saturated heterocycles. The van der Waals surface area contributed by atoms with Gasteiger partial charge in [0.1, 0.15) is 0 Å². The van der Waals surface area contributed by atoms with Crippen molar-refractivity contribution in [1.82, 2.24) is 0 Å². The van der Waals surface area contributed by atoms with Crippen molar-refractivity contribution in [1.29, 1.82) is 0 Å². The highest BCUT2D eigenvalue weighted by molar-refractivity contribution is 5.62. The lowest BCUT2D eigenvalue weighted by molar-refractivity contribution is -0.134. The molecule has 1 N–H and O–H groups in total. The van der Waals surface area contributed by atoms with Crippen LogP contribution in [0.25, 0.3) is 0 Å². The molecule has 15 heavy (non-hydrogen) atoms. The predicted octanol–water partition coefficient (Wildman–Crippen LogP) is 3.47. The third-order valence-electron chi connectivity index (χ3n) is 2.26. The van der Waals surface area contributed by atoms with Crippen LogP contribution in [0.15, 0.2) is 0 Å². The Kier molecular flexibility index (Phi) is 7.67. The fraction of sp³-hybridized carbons (Fsp3) is 0.917. The van der Waals surface area contributed by atoms with E-state index in [2.05, 4.69) is 41.5 Å². The minimum atomic E-state index is -0.833. The second-order valence-electron chi connectivity index (χ2n) is 4.85. The van der Waals surface area contributed by atoms with Crippen LogP contribution in [0.1, 0.15) is 61.3 Å². The lowest BCUT2D eigenvalue weighted by Crippen LogP contribution is -2.35.